The molecule has 0 unspecified atom stereocenters. The number of hydrogen-bond acceptors (Lipinski definition) is 5. The first-order valence-electron chi connectivity index (χ1n) is 12.7. The van der Waals surface area contributed by atoms with Crippen LogP contribution in [0.25, 0.3) is 0 Å². The second-order valence-electron chi connectivity index (χ2n) is 8.93. The van der Waals surface area contributed by atoms with Crippen molar-refractivity contribution in [1.82, 2.24) is 0 Å². The van der Waals surface area contributed by atoms with Crippen LogP contribution in [-0.2, 0) is 23.7 Å². The molecule has 0 bridgehead atoms. The van der Waals surface area contributed by atoms with E-state index in [1.54, 1.807) is 12.5 Å². The molecule has 5 heteroatoms. The summed E-state index contributed by atoms with van der Waals surface area (Å²) in [5.41, 5.74) is 0. The molecule has 5 nitrogen and oxygen atoms in total. The van der Waals surface area contributed by atoms with E-state index < -0.39 is 0 Å². The highest BCUT2D eigenvalue weighted by Gasteiger charge is 2.18. The minimum absolute atomic E-state index is 0.298. The quantitative estimate of drug-likeness (QED) is 0.198. The molecule has 180 valence electrons. The molecule has 0 saturated carbocycles. The van der Waals surface area contributed by atoms with E-state index in [0.717, 1.165) is 100 Å². The molecule has 0 aromatic rings. The summed E-state index contributed by atoms with van der Waals surface area (Å²) >= 11 is 0. The molecule has 0 radical (unpaired) electrons. The van der Waals surface area contributed by atoms with Crippen LogP contribution in [0.5, 0.6) is 0 Å². The fourth-order valence-corrected chi connectivity index (χ4v) is 4.40. The Kier molecular flexibility index (Phi) is 9.45. The summed E-state index contributed by atoms with van der Waals surface area (Å²) in [6.07, 6.45) is 29.7. The Morgan fingerprint density at radius 3 is 1.15 bits per heavy atom. The van der Waals surface area contributed by atoms with Gasteiger partial charge in [-0.1, -0.05) is 0 Å². The van der Waals surface area contributed by atoms with Crippen molar-refractivity contribution in [1.29, 1.82) is 0 Å². The fourth-order valence-electron chi connectivity index (χ4n) is 4.40. The maximum Gasteiger partial charge on any atom is 0.243 e. The minimum atomic E-state index is -0.298. The number of allylic oxidation sites excluding steroid dienone is 8. The lowest BCUT2D eigenvalue weighted by Gasteiger charge is -2.21. The van der Waals surface area contributed by atoms with Crippen molar-refractivity contribution in [3.8, 4) is 0 Å². The van der Waals surface area contributed by atoms with Crippen LogP contribution in [0.2, 0.25) is 0 Å². The van der Waals surface area contributed by atoms with Gasteiger partial charge in [0.2, 0.25) is 12.6 Å². The summed E-state index contributed by atoms with van der Waals surface area (Å²) in [6, 6.07) is 0. The van der Waals surface area contributed by atoms with Gasteiger partial charge in [0.15, 0.2) is 0 Å². The van der Waals surface area contributed by atoms with Crippen LogP contribution in [0.4, 0.5) is 0 Å². The monoisotopic (exact) mass is 454 g/mol. The largest absolute Gasteiger partial charge is 0.473 e. The zero-order chi connectivity index (χ0) is 22.6. The fraction of sp³-hybridized carbons (Fsp3) is 0.571. The summed E-state index contributed by atoms with van der Waals surface area (Å²) in [6.45, 7) is 0. The Labute approximate surface area is 198 Å². The molecule has 4 rings (SSSR count). The Hall–Kier alpha value is -2.56. The van der Waals surface area contributed by atoms with Crippen molar-refractivity contribution < 1.29 is 23.7 Å². The molecule has 0 spiro atoms. The zero-order valence-electron chi connectivity index (χ0n) is 19.7. The molecule has 0 amide bonds. The average Bonchev–Trinajstić information content (AvgIpc) is 3.62. The molecule has 4 aliphatic rings. The van der Waals surface area contributed by atoms with Gasteiger partial charge in [0, 0.05) is 38.5 Å². The number of ether oxygens (including phenoxy) is 5. The van der Waals surface area contributed by atoms with Gasteiger partial charge < -0.3 is 23.7 Å². The van der Waals surface area contributed by atoms with Gasteiger partial charge in [0.25, 0.3) is 0 Å². The smallest absolute Gasteiger partial charge is 0.243 e. The van der Waals surface area contributed by atoms with Crippen LogP contribution < -0.4 is 0 Å². The van der Waals surface area contributed by atoms with E-state index in [9.17, 15) is 0 Å². The van der Waals surface area contributed by atoms with Gasteiger partial charge >= 0.3 is 0 Å². The normalized spacial score (nSPS) is 20.5. The summed E-state index contributed by atoms with van der Waals surface area (Å²) in [5, 5.41) is 0. The highest BCUT2D eigenvalue weighted by Crippen LogP contribution is 2.27. The van der Waals surface area contributed by atoms with Gasteiger partial charge in [-0.3, -0.25) is 0 Å². The molecule has 0 heterocycles. The predicted octanol–water partition coefficient (Wildman–Crippen LogP) is 7.80. The molecule has 0 fully saturated rings. The SMILES string of the molecule is C(=COC=CCC(OC1=CCCC1)OC1=CCCC1)CC(OC1=CCCC1)OC1=CCCC1. The van der Waals surface area contributed by atoms with Crippen LogP contribution in [0, 0.1) is 0 Å². The third kappa shape index (κ3) is 8.38. The highest BCUT2D eigenvalue weighted by atomic mass is 16.7. The lowest BCUT2D eigenvalue weighted by molar-refractivity contribution is -0.0860. The van der Waals surface area contributed by atoms with Crippen LogP contribution in [0.3, 0.4) is 0 Å². The van der Waals surface area contributed by atoms with Crippen LogP contribution >= 0.6 is 0 Å². The summed E-state index contributed by atoms with van der Waals surface area (Å²) in [4.78, 5) is 0. The first kappa shape index (κ1) is 23.6. The molecular weight excluding hydrogens is 416 g/mol. The highest BCUT2D eigenvalue weighted by molar-refractivity contribution is 5.04. The summed E-state index contributed by atoms with van der Waals surface area (Å²) in [5.74, 6) is 4.20. The van der Waals surface area contributed by atoms with Crippen LogP contribution in [0.15, 0.2) is 72.0 Å². The van der Waals surface area contributed by atoms with Crippen molar-refractivity contribution in [3.05, 3.63) is 72.0 Å². The molecule has 0 aromatic heterocycles. The maximum atomic E-state index is 6.09. The Morgan fingerprint density at radius 2 is 0.879 bits per heavy atom. The van der Waals surface area contributed by atoms with Crippen molar-refractivity contribution in [3.63, 3.8) is 0 Å². The second-order valence-corrected chi connectivity index (χ2v) is 8.93. The van der Waals surface area contributed by atoms with Gasteiger partial charge in [-0.25, -0.2) is 0 Å². The van der Waals surface area contributed by atoms with Crippen LogP contribution in [-0.4, -0.2) is 12.6 Å². The van der Waals surface area contributed by atoms with E-state index in [-0.39, 0.29) is 12.6 Å². The van der Waals surface area contributed by atoms with E-state index in [1.807, 2.05) is 12.2 Å². The lowest BCUT2D eigenvalue weighted by Crippen LogP contribution is -2.15. The molecule has 33 heavy (non-hydrogen) atoms. The van der Waals surface area contributed by atoms with Gasteiger partial charge in [0.1, 0.15) is 0 Å². The summed E-state index contributed by atoms with van der Waals surface area (Å²) < 4.78 is 29.9. The van der Waals surface area contributed by atoms with Crippen molar-refractivity contribution in [2.75, 3.05) is 0 Å². The molecule has 0 aliphatic heterocycles. The third-order valence-corrected chi connectivity index (χ3v) is 6.14. The van der Waals surface area contributed by atoms with Crippen LogP contribution in [0.1, 0.15) is 89.9 Å². The Morgan fingerprint density at radius 1 is 0.545 bits per heavy atom. The van der Waals surface area contributed by atoms with Gasteiger partial charge in [-0.05, 0) is 87.8 Å². The molecule has 0 atom stereocenters. The standard InChI is InChI=1S/C28H38O5/c1-2-12-23(11-1)30-27(31-24-13-3-4-14-24)19-9-21-29-22-10-20-28(32-25-15-5-6-16-25)33-26-17-7-8-18-26/h9-11,13,15,17,21-22,27-28H,1-8,12,14,16,18-20H2. The Bertz CT molecular complexity index is 683. The minimum Gasteiger partial charge on any atom is -0.473 e. The van der Waals surface area contributed by atoms with E-state index in [2.05, 4.69) is 24.3 Å². The number of rotatable bonds is 14. The zero-order valence-corrected chi connectivity index (χ0v) is 19.7. The van der Waals surface area contributed by atoms with Crippen molar-refractivity contribution in [2.24, 2.45) is 0 Å². The lowest BCUT2D eigenvalue weighted by atomic mass is 10.3. The maximum absolute atomic E-state index is 6.09. The van der Waals surface area contributed by atoms with Crippen molar-refractivity contribution >= 4 is 0 Å². The third-order valence-electron chi connectivity index (χ3n) is 6.14. The average molecular weight is 455 g/mol. The Balaban J connectivity index is 1.20. The van der Waals surface area contributed by atoms with E-state index in [4.69, 9.17) is 23.7 Å². The molecule has 4 aliphatic carbocycles. The summed E-state index contributed by atoms with van der Waals surface area (Å²) in [7, 11) is 0. The molecule has 0 N–H and O–H groups in total. The number of hydrogen-bond donors (Lipinski definition) is 0. The van der Waals surface area contributed by atoms with E-state index >= 15 is 0 Å². The predicted molar refractivity (Wildman–Crippen MR) is 128 cm³/mol. The topological polar surface area (TPSA) is 46.2 Å². The molecular formula is C28H38O5. The first-order valence-corrected chi connectivity index (χ1v) is 12.7. The van der Waals surface area contributed by atoms with Gasteiger partial charge in [-0.15, -0.1) is 0 Å². The van der Waals surface area contributed by atoms with Gasteiger partial charge in [-0.2, -0.15) is 0 Å². The second kappa shape index (κ2) is 13.2. The van der Waals surface area contributed by atoms with Gasteiger partial charge in [0.05, 0.1) is 35.6 Å². The first-order chi connectivity index (χ1) is 16.3. The molecule has 0 saturated heterocycles. The van der Waals surface area contributed by atoms with E-state index in [1.165, 1.54) is 0 Å². The van der Waals surface area contributed by atoms with E-state index in [0.29, 0.717) is 12.8 Å². The molecule has 0 aromatic carbocycles. The van der Waals surface area contributed by atoms with Crippen molar-refractivity contribution in [2.45, 2.75) is 102 Å².